The summed E-state index contributed by atoms with van der Waals surface area (Å²) in [6, 6.07) is 7.12. The van der Waals surface area contributed by atoms with Crippen molar-refractivity contribution in [3.63, 3.8) is 0 Å². The van der Waals surface area contributed by atoms with Gasteiger partial charge in [0.1, 0.15) is 17.1 Å². The average Bonchev–Trinajstić information content (AvgIpc) is 2.75. The van der Waals surface area contributed by atoms with E-state index in [0.717, 1.165) is 21.1 Å². The van der Waals surface area contributed by atoms with Crippen LogP contribution in [0.25, 0.3) is 6.08 Å². The second-order valence-electron chi connectivity index (χ2n) is 7.32. The number of urea groups is 1. The Kier molecular flexibility index (Phi) is 6.41. The van der Waals surface area contributed by atoms with Gasteiger partial charge in [0.05, 0.1) is 6.61 Å². The molecule has 0 spiro atoms. The lowest BCUT2D eigenvalue weighted by Gasteiger charge is -2.30. The number of ether oxygens (including phenoxy) is 1. The van der Waals surface area contributed by atoms with Gasteiger partial charge < -0.3 is 14.7 Å². The molecule has 3 rings (SSSR count). The standard InChI is InChI=1S/C23H25N3O5/c1-15-13-17(20-21(28)25(3)23(30)26(4)22(20)29)14-19(31-15)10-7-16-5-8-18(9-6-16)24(2)11-12-27/h5-10,13-14,27H,11-12H2,1-4H3/b10-7+. The Morgan fingerprint density at radius 2 is 1.61 bits per heavy atom. The molecule has 0 aromatic heterocycles. The predicted molar refractivity (Wildman–Crippen MR) is 117 cm³/mol. The van der Waals surface area contributed by atoms with Crippen LogP contribution in [0.5, 0.6) is 0 Å². The first-order valence-corrected chi connectivity index (χ1v) is 9.75. The lowest BCUT2D eigenvalue weighted by molar-refractivity contribution is -0.134. The molecule has 4 amide bonds. The highest BCUT2D eigenvalue weighted by Gasteiger charge is 2.39. The fraction of sp³-hybridized carbons (Fsp3) is 0.261. The molecule has 1 aromatic rings. The molecule has 0 bridgehead atoms. The number of anilines is 1. The first-order valence-electron chi connectivity index (χ1n) is 9.75. The second-order valence-corrected chi connectivity index (χ2v) is 7.32. The molecule has 0 radical (unpaired) electrons. The third-order valence-electron chi connectivity index (χ3n) is 5.04. The molecule has 1 N–H and O–H groups in total. The first-order chi connectivity index (χ1) is 14.7. The molecule has 1 aromatic carbocycles. The highest BCUT2D eigenvalue weighted by atomic mass is 16.5. The van der Waals surface area contributed by atoms with Gasteiger partial charge in [-0.3, -0.25) is 19.4 Å². The molecule has 2 aliphatic rings. The van der Waals surface area contributed by atoms with Crippen molar-refractivity contribution < 1.29 is 24.2 Å². The van der Waals surface area contributed by atoms with E-state index in [4.69, 9.17) is 9.84 Å². The van der Waals surface area contributed by atoms with Crippen molar-refractivity contribution in [2.75, 3.05) is 39.2 Å². The number of likely N-dealkylation sites (N-methyl/N-ethyl adjacent to an activating group) is 3. The minimum atomic E-state index is -0.663. The molecule has 0 aliphatic carbocycles. The Hall–Kier alpha value is -3.65. The van der Waals surface area contributed by atoms with E-state index in [-0.39, 0.29) is 12.2 Å². The summed E-state index contributed by atoms with van der Waals surface area (Å²) in [4.78, 5) is 40.9. The summed E-state index contributed by atoms with van der Waals surface area (Å²) in [7, 11) is 4.59. The van der Waals surface area contributed by atoms with E-state index < -0.39 is 17.8 Å². The van der Waals surface area contributed by atoms with Gasteiger partial charge in [0, 0.05) is 33.4 Å². The number of carbonyl (C=O) groups is 3. The van der Waals surface area contributed by atoms with E-state index in [2.05, 4.69) is 0 Å². The number of aliphatic hydroxyl groups is 1. The lowest BCUT2D eigenvalue weighted by atomic mass is 10.0. The molecular formula is C23H25N3O5. The zero-order chi connectivity index (χ0) is 22.7. The van der Waals surface area contributed by atoms with Crippen LogP contribution in [0.1, 0.15) is 12.5 Å². The molecule has 8 nitrogen and oxygen atoms in total. The number of carbonyl (C=O) groups excluding carboxylic acids is 3. The molecule has 2 aliphatic heterocycles. The van der Waals surface area contributed by atoms with Crippen LogP contribution >= 0.6 is 0 Å². The van der Waals surface area contributed by atoms with Crippen molar-refractivity contribution in [3.05, 3.63) is 70.7 Å². The van der Waals surface area contributed by atoms with Crippen molar-refractivity contribution >= 4 is 29.6 Å². The molecule has 31 heavy (non-hydrogen) atoms. The number of hydrogen-bond acceptors (Lipinski definition) is 6. The number of amides is 4. The SMILES string of the molecule is CC1=CC(=C2C(=O)N(C)C(=O)N(C)C2=O)C=C(/C=C/c2ccc(N(C)CCO)cc2)O1. The predicted octanol–water partition coefficient (Wildman–Crippen LogP) is 2.29. The van der Waals surface area contributed by atoms with Crippen molar-refractivity contribution in [1.82, 2.24) is 9.80 Å². The van der Waals surface area contributed by atoms with Gasteiger partial charge in [-0.2, -0.15) is 0 Å². The van der Waals surface area contributed by atoms with Gasteiger partial charge >= 0.3 is 6.03 Å². The van der Waals surface area contributed by atoms with Crippen LogP contribution < -0.4 is 4.90 Å². The average molecular weight is 423 g/mol. The van der Waals surface area contributed by atoms with Crippen LogP contribution in [0.15, 0.2) is 65.2 Å². The molecule has 8 heteroatoms. The Labute approximate surface area is 181 Å². The Morgan fingerprint density at radius 1 is 1.00 bits per heavy atom. The smallest absolute Gasteiger partial charge is 0.333 e. The van der Waals surface area contributed by atoms with Gasteiger partial charge in [0.15, 0.2) is 0 Å². The van der Waals surface area contributed by atoms with Crippen molar-refractivity contribution in [1.29, 1.82) is 0 Å². The molecule has 162 valence electrons. The van der Waals surface area contributed by atoms with E-state index in [9.17, 15) is 14.4 Å². The van der Waals surface area contributed by atoms with Gasteiger partial charge in [-0.25, -0.2) is 4.79 Å². The first kappa shape index (κ1) is 22.0. The monoisotopic (exact) mass is 423 g/mol. The summed E-state index contributed by atoms with van der Waals surface area (Å²) < 4.78 is 5.72. The number of hydrogen-bond donors (Lipinski definition) is 1. The summed E-state index contributed by atoms with van der Waals surface area (Å²) in [5.41, 5.74) is 2.24. The Balaban J connectivity index is 1.88. The largest absolute Gasteiger partial charge is 0.462 e. The molecule has 0 saturated carbocycles. The van der Waals surface area contributed by atoms with Crippen LogP contribution in [0.3, 0.4) is 0 Å². The number of allylic oxidation sites excluding steroid dienone is 5. The highest BCUT2D eigenvalue weighted by molar-refractivity contribution is 6.29. The third-order valence-corrected chi connectivity index (χ3v) is 5.04. The maximum atomic E-state index is 12.6. The molecular weight excluding hydrogens is 398 g/mol. The Bertz CT molecular complexity index is 1010. The molecule has 1 fully saturated rings. The number of barbiturate groups is 1. The van der Waals surface area contributed by atoms with E-state index >= 15 is 0 Å². The highest BCUT2D eigenvalue weighted by Crippen LogP contribution is 2.27. The van der Waals surface area contributed by atoms with Crippen molar-refractivity contribution in [3.8, 4) is 0 Å². The van der Waals surface area contributed by atoms with Gasteiger partial charge in [-0.1, -0.05) is 18.2 Å². The topological polar surface area (TPSA) is 90.4 Å². The van der Waals surface area contributed by atoms with Gasteiger partial charge in [-0.05, 0) is 48.4 Å². The summed E-state index contributed by atoms with van der Waals surface area (Å²) in [5.74, 6) is -0.298. The van der Waals surface area contributed by atoms with Crippen LogP contribution in [0, 0.1) is 0 Å². The minimum Gasteiger partial charge on any atom is -0.462 e. The second kappa shape index (κ2) is 9.01. The zero-order valence-electron chi connectivity index (χ0n) is 18.0. The van der Waals surface area contributed by atoms with Crippen LogP contribution in [0.4, 0.5) is 10.5 Å². The summed E-state index contributed by atoms with van der Waals surface area (Å²) in [5, 5.41) is 9.05. The Morgan fingerprint density at radius 3 is 2.19 bits per heavy atom. The summed E-state index contributed by atoms with van der Waals surface area (Å²) in [6.07, 6.45) is 6.82. The van der Waals surface area contributed by atoms with Gasteiger partial charge in [0.2, 0.25) is 0 Å². The van der Waals surface area contributed by atoms with Crippen molar-refractivity contribution in [2.45, 2.75) is 6.92 Å². The van der Waals surface area contributed by atoms with Crippen LogP contribution in [0.2, 0.25) is 0 Å². The number of imide groups is 2. The van der Waals surface area contributed by atoms with E-state index in [1.54, 1.807) is 25.2 Å². The van der Waals surface area contributed by atoms with E-state index in [0.29, 0.717) is 23.6 Å². The van der Waals surface area contributed by atoms with Crippen LogP contribution in [-0.4, -0.2) is 67.0 Å². The fourth-order valence-electron chi connectivity index (χ4n) is 3.26. The zero-order valence-corrected chi connectivity index (χ0v) is 18.0. The molecule has 0 unspecified atom stereocenters. The van der Waals surface area contributed by atoms with E-state index in [1.165, 1.54) is 14.1 Å². The summed E-state index contributed by atoms with van der Waals surface area (Å²) in [6.45, 7) is 2.36. The number of rotatable bonds is 5. The van der Waals surface area contributed by atoms with Gasteiger partial charge in [-0.15, -0.1) is 0 Å². The molecule has 2 heterocycles. The maximum absolute atomic E-state index is 12.6. The van der Waals surface area contributed by atoms with Crippen LogP contribution in [-0.2, 0) is 14.3 Å². The fourth-order valence-corrected chi connectivity index (χ4v) is 3.26. The maximum Gasteiger partial charge on any atom is 0.333 e. The summed E-state index contributed by atoms with van der Waals surface area (Å²) >= 11 is 0. The van der Waals surface area contributed by atoms with Gasteiger partial charge in [0.25, 0.3) is 11.8 Å². The molecule has 0 atom stereocenters. The number of aliphatic hydroxyl groups excluding tert-OH is 1. The number of benzene rings is 1. The molecule has 1 saturated heterocycles. The van der Waals surface area contributed by atoms with Crippen molar-refractivity contribution in [2.24, 2.45) is 0 Å². The third kappa shape index (κ3) is 4.59. The quantitative estimate of drug-likeness (QED) is 0.577. The number of nitrogens with zero attached hydrogens (tertiary/aromatic N) is 3. The minimum absolute atomic E-state index is 0.0746. The normalized spacial score (nSPS) is 17.3. The van der Waals surface area contributed by atoms with E-state index in [1.807, 2.05) is 42.3 Å². The lowest BCUT2D eigenvalue weighted by Crippen LogP contribution is -2.53.